The van der Waals surface area contributed by atoms with Gasteiger partial charge in [-0.1, -0.05) is 0 Å². The summed E-state index contributed by atoms with van der Waals surface area (Å²) < 4.78 is 10.0. The van der Waals surface area contributed by atoms with Crippen molar-refractivity contribution in [3.8, 4) is 0 Å². The summed E-state index contributed by atoms with van der Waals surface area (Å²) in [4.78, 5) is 13.4. The van der Waals surface area contributed by atoms with Gasteiger partial charge in [0.1, 0.15) is 6.73 Å². The van der Waals surface area contributed by atoms with Crippen LogP contribution in [0.4, 0.5) is 0 Å². The summed E-state index contributed by atoms with van der Waals surface area (Å²) >= 11 is 5.70. The van der Waals surface area contributed by atoms with Crippen LogP contribution in [0.1, 0.15) is 16.8 Å². The number of furan rings is 1. The highest BCUT2D eigenvalue weighted by molar-refractivity contribution is 6.32. The van der Waals surface area contributed by atoms with Crippen molar-refractivity contribution in [3.05, 3.63) is 23.1 Å². The number of amides is 1. The van der Waals surface area contributed by atoms with Gasteiger partial charge in [0.25, 0.3) is 5.91 Å². The molecule has 0 saturated carbocycles. The number of rotatable bonds is 1. The van der Waals surface area contributed by atoms with Crippen LogP contribution in [0.25, 0.3) is 0 Å². The van der Waals surface area contributed by atoms with Gasteiger partial charge < -0.3 is 14.1 Å². The molecule has 4 nitrogen and oxygen atoms in total. The van der Waals surface area contributed by atoms with Crippen LogP contribution in [0.15, 0.2) is 16.7 Å². The second kappa shape index (κ2) is 4.02. The normalized spacial score (nSPS) is 17.1. The first-order valence-corrected chi connectivity index (χ1v) is 4.77. The number of ether oxygens (including phenoxy) is 1. The van der Waals surface area contributed by atoms with E-state index >= 15 is 0 Å². The van der Waals surface area contributed by atoms with Crippen LogP contribution >= 0.6 is 11.6 Å². The zero-order valence-electron chi connectivity index (χ0n) is 7.53. The number of hydrogen-bond acceptors (Lipinski definition) is 3. The monoisotopic (exact) mass is 215 g/mol. The molecule has 1 aliphatic rings. The molecule has 2 heterocycles. The minimum Gasteiger partial charge on any atom is -0.452 e. The molecule has 1 saturated heterocycles. The van der Waals surface area contributed by atoms with Gasteiger partial charge >= 0.3 is 0 Å². The van der Waals surface area contributed by atoms with Crippen LogP contribution in [-0.4, -0.2) is 30.7 Å². The summed E-state index contributed by atoms with van der Waals surface area (Å²) in [6.45, 7) is 1.75. The predicted molar refractivity (Wildman–Crippen MR) is 50.2 cm³/mol. The number of carbonyl (C=O) groups excluding carboxylic acids is 1. The lowest BCUT2D eigenvalue weighted by Crippen LogP contribution is -2.38. The maximum absolute atomic E-state index is 11.8. The molecule has 5 heteroatoms. The Morgan fingerprint density at radius 2 is 2.43 bits per heavy atom. The highest BCUT2D eigenvalue weighted by Gasteiger charge is 2.21. The fraction of sp³-hybridized carbons (Fsp3) is 0.444. The number of nitrogens with zero attached hydrogens (tertiary/aromatic N) is 1. The van der Waals surface area contributed by atoms with Gasteiger partial charge in [0.05, 0.1) is 18.4 Å². The van der Waals surface area contributed by atoms with Crippen molar-refractivity contribution in [2.45, 2.75) is 6.42 Å². The molecule has 0 aliphatic carbocycles. The molecule has 2 rings (SSSR count). The largest absolute Gasteiger partial charge is 0.452 e. The van der Waals surface area contributed by atoms with Crippen molar-refractivity contribution < 1.29 is 13.9 Å². The van der Waals surface area contributed by atoms with E-state index in [1.807, 2.05) is 0 Å². The summed E-state index contributed by atoms with van der Waals surface area (Å²) in [6.07, 6.45) is 2.27. The van der Waals surface area contributed by atoms with Gasteiger partial charge in [-0.05, 0) is 24.1 Å². The second-order valence-corrected chi connectivity index (χ2v) is 3.41. The minimum absolute atomic E-state index is 0.136. The predicted octanol–water partition coefficient (Wildman–Crippen LogP) is 1.75. The lowest BCUT2D eigenvalue weighted by Gasteiger charge is -2.26. The molecule has 0 N–H and O–H groups in total. The third-order valence-electron chi connectivity index (χ3n) is 2.10. The van der Waals surface area contributed by atoms with E-state index in [1.54, 1.807) is 11.0 Å². The number of carbonyl (C=O) groups is 1. The molecule has 0 aromatic carbocycles. The van der Waals surface area contributed by atoms with Crippen LogP contribution in [0.2, 0.25) is 5.22 Å². The average Bonchev–Trinajstić information content (AvgIpc) is 2.65. The van der Waals surface area contributed by atoms with E-state index in [9.17, 15) is 4.79 Å². The van der Waals surface area contributed by atoms with Crippen molar-refractivity contribution in [3.63, 3.8) is 0 Å². The maximum atomic E-state index is 11.8. The highest BCUT2D eigenvalue weighted by atomic mass is 35.5. The zero-order valence-corrected chi connectivity index (χ0v) is 8.29. The Morgan fingerprint density at radius 1 is 1.57 bits per heavy atom. The molecule has 1 aromatic heterocycles. The molecule has 1 fully saturated rings. The van der Waals surface area contributed by atoms with Crippen LogP contribution in [0.3, 0.4) is 0 Å². The van der Waals surface area contributed by atoms with Crippen LogP contribution in [0, 0.1) is 0 Å². The Hall–Kier alpha value is -1.00. The second-order valence-electron chi connectivity index (χ2n) is 3.07. The fourth-order valence-corrected chi connectivity index (χ4v) is 1.57. The Bertz CT molecular complexity index is 331. The van der Waals surface area contributed by atoms with Gasteiger partial charge in [0, 0.05) is 6.54 Å². The quantitative estimate of drug-likeness (QED) is 0.717. The lowest BCUT2D eigenvalue weighted by molar-refractivity contribution is -0.00573. The molecule has 0 spiro atoms. The number of halogens is 1. The Morgan fingerprint density at radius 3 is 3.00 bits per heavy atom. The van der Waals surface area contributed by atoms with Gasteiger partial charge in [-0.25, -0.2) is 0 Å². The standard InChI is InChI=1S/C9H10ClNO3/c10-8-7(2-5-14-8)9(12)11-3-1-4-13-6-11/h2,5H,1,3-4,6H2. The van der Waals surface area contributed by atoms with Crippen LogP contribution in [0.5, 0.6) is 0 Å². The van der Waals surface area contributed by atoms with E-state index in [2.05, 4.69) is 0 Å². The van der Waals surface area contributed by atoms with Crippen molar-refractivity contribution in [2.75, 3.05) is 19.9 Å². The van der Waals surface area contributed by atoms with Crippen LogP contribution in [-0.2, 0) is 4.74 Å². The molecule has 0 unspecified atom stereocenters. The maximum Gasteiger partial charge on any atom is 0.260 e. The SMILES string of the molecule is O=C(c1ccoc1Cl)N1CCCOC1. The number of hydrogen-bond donors (Lipinski definition) is 0. The first-order chi connectivity index (χ1) is 6.79. The zero-order chi connectivity index (χ0) is 9.97. The lowest BCUT2D eigenvalue weighted by atomic mass is 10.3. The molecule has 1 aromatic rings. The van der Waals surface area contributed by atoms with Gasteiger partial charge in [-0.15, -0.1) is 0 Å². The molecule has 76 valence electrons. The first-order valence-electron chi connectivity index (χ1n) is 4.39. The third kappa shape index (κ3) is 1.76. The summed E-state index contributed by atoms with van der Waals surface area (Å²) in [5.74, 6) is -0.136. The van der Waals surface area contributed by atoms with Crippen molar-refractivity contribution in [1.29, 1.82) is 0 Å². The van der Waals surface area contributed by atoms with Gasteiger partial charge in [0.15, 0.2) is 0 Å². The highest BCUT2D eigenvalue weighted by Crippen LogP contribution is 2.19. The van der Waals surface area contributed by atoms with E-state index < -0.39 is 0 Å². The molecule has 1 aliphatic heterocycles. The van der Waals surface area contributed by atoms with E-state index in [0.717, 1.165) is 6.42 Å². The van der Waals surface area contributed by atoms with Gasteiger partial charge in [-0.3, -0.25) is 4.79 Å². The average molecular weight is 216 g/mol. The van der Waals surface area contributed by atoms with Gasteiger partial charge in [-0.2, -0.15) is 0 Å². The summed E-state index contributed by atoms with van der Waals surface area (Å²) in [5.41, 5.74) is 0.400. The molecular weight excluding hydrogens is 206 g/mol. The third-order valence-corrected chi connectivity index (χ3v) is 2.39. The van der Waals surface area contributed by atoms with E-state index in [0.29, 0.717) is 25.4 Å². The molecule has 14 heavy (non-hydrogen) atoms. The van der Waals surface area contributed by atoms with Crippen LogP contribution < -0.4 is 0 Å². The Kier molecular flexibility index (Phi) is 2.74. The minimum atomic E-state index is -0.136. The summed E-state index contributed by atoms with van der Waals surface area (Å²) in [5, 5.41) is 0.139. The van der Waals surface area contributed by atoms with Crippen molar-refractivity contribution in [2.24, 2.45) is 0 Å². The van der Waals surface area contributed by atoms with Gasteiger partial charge in [0.2, 0.25) is 5.22 Å². The molecule has 0 atom stereocenters. The van der Waals surface area contributed by atoms with Crippen molar-refractivity contribution in [1.82, 2.24) is 4.90 Å². The smallest absolute Gasteiger partial charge is 0.260 e. The Balaban J connectivity index is 2.11. The van der Waals surface area contributed by atoms with E-state index in [4.69, 9.17) is 20.8 Å². The van der Waals surface area contributed by atoms with E-state index in [1.165, 1.54) is 6.26 Å². The Labute approximate surface area is 86.4 Å². The topological polar surface area (TPSA) is 42.7 Å². The summed E-state index contributed by atoms with van der Waals surface area (Å²) in [6, 6.07) is 1.57. The first kappa shape index (κ1) is 9.55. The molecule has 0 bridgehead atoms. The fourth-order valence-electron chi connectivity index (χ4n) is 1.37. The molecule has 1 amide bonds. The summed E-state index contributed by atoms with van der Waals surface area (Å²) in [7, 11) is 0. The van der Waals surface area contributed by atoms with Crippen molar-refractivity contribution >= 4 is 17.5 Å². The van der Waals surface area contributed by atoms with E-state index in [-0.39, 0.29) is 11.1 Å². The molecule has 0 radical (unpaired) electrons. The molecular formula is C9H10ClNO3.